The van der Waals surface area contributed by atoms with Crippen molar-refractivity contribution >= 4 is 5.69 Å². The van der Waals surface area contributed by atoms with E-state index in [9.17, 15) is 10.2 Å². The topological polar surface area (TPSA) is 46.9 Å². The molecule has 0 saturated carbocycles. The van der Waals surface area contributed by atoms with Gasteiger partial charge in [-0.05, 0) is 28.8 Å². The molecule has 1 fully saturated rings. The van der Waals surface area contributed by atoms with Crippen LogP contribution in [0.25, 0.3) is 0 Å². The molecule has 0 bridgehead atoms. The molecule has 2 aliphatic rings. The highest BCUT2D eigenvalue weighted by molar-refractivity contribution is 5.49. The molecule has 29 heavy (non-hydrogen) atoms. The maximum atomic E-state index is 11.5. The summed E-state index contributed by atoms with van der Waals surface area (Å²) in [4.78, 5) is 4.66. The molecule has 1 saturated heterocycles. The Labute approximate surface area is 171 Å². The van der Waals surface area contributed by atoms with E-state index in [0.29, 0.717) is 0 Å². The average molecular weight is 386 g/mol. The summed E-state index contributed by atoms with van der Waals surface area (Å²) >= 11 is 0. The van der Waals surface area contributed by atoms with Crippen molar-refractivity contribution in [3.63, 3.8) is 0 Å². The van der Waals surface area contributed by atoms with Crippen molar-refractivity contribution in [3.8, 4) is 0 Å². The molecule has 1 heterocycles. The zero-order valence-electron chi connectivity index (χ0n) is 16.4. The standard InChI is InChI=1S/C25H26N2O2/c28-23-21-13-7-8-14-22(21)24(29)25(23,19-9-3-1-4-10-19)27-17-15-26(16-18-27)20-11-5-2-6-12-20/h1-14,23-24,28-29H,15-18H2. The molecular formula is C25H26N2O2. The first-order valence-electron chi connectivity index (χ1n) is 10.3. The van der Waals surface area contributed by atoms with Gasteiger partial charge in [-0.15, -0.1) is 0 Å². The predicted octanol–water partition coefficient (Wildman–Crippen LogP) is 3.48. The Balaban J connectivity index is 1.52. The summed E-state index contributed by atoms with van der Waals surface area (Å²) in [6.45, 7) is 3.25. The zero-order chi connectivity index (χ0) is 19.8. The summed E-state index contributed by atoms with van der Waals surface area (Å²) in [6, 6.07) is 28.2. The lowest BCUT2D eigenvalue weighted by molar-refractivity contribution is -0.102. The molecule has 2 atom stereocenters. The minimum absolute atomic E-state index is 0.770. The molecule has 0 spiro atoms. The molecule has 3 aromatic rings. The molecule has 4 heteroatoms. The van der Waals surface area contributed by atoms with Crippen molar-refractivity contribution in [2.45, 2.75) is 17.7 Å². The third-order valence-corrected chi connectivity index (χ3v) is 6.58. The number of aliphatic hydroxyl groups is 2. The molecule has 1 aliphatic heterocycles. The predicted molar refractivity (Wildman–Crippen MR) is 115 cm³/mol. The molecule has 2 unspecified atom stereocenters. The summed E-state index contributed by atoms with van der Waals surface area (Å²) in [6.07, 6.45) is -1.56. The van der Waals surface area contributed by atoms with Crippen LogP contribution in [0.2, 0.25) is 0 Å². The first kappa shape index (κ1) is 18.4. The number of anilines is 1. The van der Waals surface area contributed by atoms with E-state index in [0.717, 1.165) is 42.9 Å². The van der Waals surface area contributed by atoms with E-state index in [1.54, 1.807) is 0 Å². The highest BCUT2D eigenvalue weighted by Crippen LogP contribution is 2.56. The van der Waals surface area contributed by atoms with Gasteiger partial charge < -0.3 is 15.1 Å². The van der Waals surface area contributed by atoms with Crippen LogP contribution in [0.4, 0.5) is 5.69 Å². The van der Waals surface area contributed by atoms with Crippen LogP contribution in [0.5, 0.6) is 0 Å². The Morgan fingerprint density at radius 3 is 1.66 bits per heavy atom. The van der Waals surface area contributed by atoms with Crippen molar-refractivity contribution < 1.29 is 10.2 Å². The zero-order valence-corrected chi connectivity index (χ0v) is 16.4. The highest BCUT2D eigenvalue weighted by Gasteiger charge is 2.57. The molecule has 0 radical (unpaired) electrons. The Bertz CT molecular complexity index is 939. The Morgan fingerprint density at radius 1 is 0.621 bits per heavy atom. The SMILES string of the molecule is OC1c2ccccc2C(O)C1(c1ccccc1)N1CCN(c2ccccc2)CC1. The van der Waals surface area contributed by atoms with Crippen LogP contribution in [-0.4, -0.2) is 41.3 Å². The fourth-order valence-electron chi connectivity index (χ4n) is 5.16. The molecule has 1 aliphatic carbocycles. The van der Waals surface area contributed by atoms with Gasteiger partial charge in [0, 0.05) is 31.9 Å². The molecule has 3 aromatic carbocycles. The summed E-state index contributed by atoms with van der Waals surface area (Å²) in [5.74, 6) is 0. The molecular weight excluding hydrogens is 360 g/mol. The quantitative estimate of drug-likeness (QED) is 0.724. The summed E-state index contributed by atoms with van der Waals surface area (Å²) in [5, 5.41) is 23.1. The number of hydrogen-bond acceptors (Lipinski definition) is 4. The number of nitrogens with zero attached hydrogens (tertiary/aromatic N) is 2. The molecule has 2 N–H and O–H groups in total. The number of benzene rings is 3. The fraction of sp³-hybridized carbons (Fsp3) is 0.280. The lowest BCUT2D eigenvalue weighted by Gasteiger charge is -2.50. The van der Waals surface area contributed by atoms with Crippen LogP contribution in [0.3, 0.4) is 0 Å². The highest BCUT2D eigenvalue weighted by atomic mass is 16.3. The van der Waals surface area contributed by atoms with Crippen molar-refractivity contribution in [2.24, 2.45) is 0 Å². The minimum Gasteiger partial charge on any atom is -0.386 e. The average Bonchev–Trinajstić information content (AvgIpc) is 3.03. The van der Waals surface area contributed by atoms with Gasteiger partial charge in [0.1, 0.15) is 17.7 Å². The second kappa shape index (κ2) is 7.30. The second-order valence-corrected chi connectivity index (χ2v) is 7.94. The van der Waals surface area contributed by atoms with E-state index in [2.05, 4.69) is 34.1 Å². The maximum absolute atomic E-state index is 11.5. The maximum Gasteiger partial charge on any atom is 0.107 e. The summed E-state index contributed by atoms with van der Waals surface area (Å²) in [7, 11) is 0. The number of fused-ring (bicyclic) bond motifs is 1. The van der Waals surface area contributed by atoms with E-state index in [-0.39, 0.29) is 0 Å². The molecule has 4 nitrogen and oxygen atoms in total. The summed E-state index contributed by atoms with van der Waals surface area (Å²) in [5.41, 5.74) is 2.97. The number of rotatable bonds is 3. The van der Waals surface area contributed by atoms with E-state index in [1.807, 2.05) is 60.7 Å². The van der Waals surface area contributed by atoms with Gasteiger partial charge in [0.2, 0.25) is 0 Å². The number of aliphatic hydroxyl groups excluding tert-OH is 2. The van der Waals surface area contributed by atoms with Crippen molar-refractivity contribution in [2.75, 3.05) is 31.1 Å². The van der Waals surface area contributed by atoms with E-state index < -0.39 is 17.7 Å². The van der Waals surface area contributed by atoms with Gasteiger partial charge in [-0.25, -0.2) is 0 Å². The van der Waals surface area contributed by atoms with Crippen LogP contribution in [0.15, 0.2) is 84.9 Å². The first-order valence-corrected chi connectivity index (χ1v) is 10.3. The van der Waals surface area contributed by atoms with Crippen molar-refractivity contribution in [1.29, 1.82) is 0 Å². The Kier molecular flexibility index (Phi) is 4.63. The second-order valence-electron chi connectivity index (χ2n) is 7.94. The van der Waals surface area contributed by atoms with Crippen molar-refractivity contribution in [1.82, 2.24) is 4.90 Å². The third-order valence-electron chi connectivity index (χ3n) is 6.58. The van der Waals surface area contributed by atoms with Crippen LogP contribution < -0.4 is 4.90 Å². The van der Waals surface area contributed by atoms with Crippen LogP contribution >= 0.6 is 0 Å². The fourth-order valence-corrected chi connectivity index (χ4v) is 5.16. The van der Waals surface area contributed by atoms with E-state index >= 15 is 0 Å². The minimum atomic E-state index is -0.867. The van der Waals surface area contributed by atoms with Gasteiger partial charge in [-0.2, -0.15) is 0 Å². The molecule has 5 rings (SSSR count). The normalized spacial score (nSPS) is 27.0. The number of para-hydroxylation sites is 1. The summed E-state index contributed by atoms with van der Waals surface area (Å²) < 4.78 is 0. The van der Waals surface area contributed by atoms with E-state index in [1.165, 1.54) is 5.69 Å². The Hall–Kier alpha value is -2.66. The van der Waals surface area contributed by atoms with Crippen LogP contribution in [0, 0.1) is 0 Å². The Morgan fingerprint density at radius 2 is 1.10 bits per heavy atom. The van der Waals surface area contributed by atoms with Gasteiger partial charge in [-0.1, -0.05) is 72.8 Å². The first-order chi connectivity index (χ1) is 14.2. The van der Waals surface area contributed by atoms with Gasteiger partial charge in [0.25, 0.3) is 0 Å². The lowest BCUT2D eigenvalue weighted by atomic mass is 9.80. The number of hydrogen-bond donors (Lipinski definition) is 2. The van der Waals surface area contributed by atoms with Gasteiger partial charge in [0.05, 0.1) is 0 Å². The third kappa shape index (κ3) is 2.79. The van der Waals surface area contributed by atoms with E-state index in [4.69, 9.17) is 0 Å². The van der Waals surface area contributed by atoms with Gasteiger partial charge in [0.15, 0.2) is 0 Å². The van der Waals surface area contributed by atoms with Crippen molar-refractivity contribution in [3.05, 3.63) is 102 Å². The molecule has 0 aromatic heterocycles. The van der Waals surface area contributed by atoms with Gasteiger partial charge >= 0.3 is 0 Å². The van der Waals surface area contributed by atoms with Gasteiger partial charge in [-0.3, -0.25) is 4.90 Å². The monoisotopic (exact) mass is 386 g/mol. The largest absolute Gasteiger partial charge is 0.386 e. The number of piperazine rings is 1. The van der Waals surface area contributed by atoms with Crippen LogP contribution in [0.1, 0.15) is 28.9 Å². The van der Waals surface area contributed by atoms with Crippen LogP contribution in [-0.2, 0) is 5.54 Å². The molecule has 0 amide bonds. The molecule has 148 valence electrons. The smallest absolute Gasteiger partial charge is 0.107 e. The lowest BCUT2D eigenvalue weighted by Crippen LogP contribution is -2.58.